The first-order valence-electron chi connectivity index (χ1n) is 4.26. The maximum absolute atomic E-state index is 10.8. The third kappa shape index (κ3) is 1.08. The van der Waals surface area contributed by atoms with Crippen LogP contribution >= 0.6 is 0 Å². The zero-order valence-electron chi connectivity index (χ0n) is 7.98. The molecule has 1 aromatic heterocycles. The Labute approximate surface area is 80.8 Å². The lowest BCUT2D eigenvalue weighted by atomic mass is 10.1. The molecule has 1 N–H and O–H groups in total. The third-order valence-corrected chi connectivity index (χ3v) is 2.43. The molecule has 72 valence electrons. The Kier molecular flexibility index (Phi) is 1.77. The van der Waals surface area contributed by atoms with Crippen molar-refractivity contribution < 1.29 is 9.90 Å². The molecule has 1 aromatic carbocycles. The van der Waals surface area contributed by atoms with Crippen molar-refractivity contribution in [2.45, 2.75) is 6.92 Å². The molecule has 0 bridgehead atoms. The van der Waals surface area contributed by atoms with Crippen LogP contribution in [0.15, 0.2) is 18.3 Å². The first-order chi connectivity index (χ1) is 6.61. The minimum Gasteiger partial charge on any atom is -0.478 e. The van der Waals surface area contributed by atoms with Gasteiger partial charge in [0.15, 0.2) is 0 Å². The molecule has 0 saturated heterocycles. The van der Waals surface area contributed by atoms with E-state index < -0.39 is 5.97 Å². The molecule has 1 heterocycles. The van der Waals surface area contributed by atoms with Crippen molar-refractivity contribution in [2.75, 3.05) is 0 Å². The number of hydrogen-bond acceptors (Lipinski definition) is 2. The number of hydrogen-bond donors (Lipinski definition) is 1. The second-order valence-electron chi connectivity index (χ2n) is 3.24. The van der Waals surface area contributed by atoms with Crippen LogP contribution in [0.3, 0.4) is 0 Å². The summed E-state index contributed by atoms with van der Waals surface area (Å²) < 4.78 is 1.73. The van der Waals surface area contributed by atoms with Crippen molar-refractivity contribution >= 4 is 16.9 Å². The lowest BCUT2D eigenvalue weighted by molar-refractivity contribution is 0.0696. The summed E-state index contributed by atoms with van der Waals surface area (Å²) in [5, 5.41) is 13.9. The van der Waals surface area contributed by atoms with Crippen molar-refractivity contribution in [3.05, 3.63) is 29.5 Å². The fourth-order valence-electron chi connectivity index (χ4n) is 1.60. The average molecular weight is 190 g/mol. The number of aromatic nitrogens is 2. The molecule has 2 aromatic rings. The van der Waals surface area contributed by atoms with E-state index in [1.807, 2.05) is 7.05 Å². The van der Waals surface area contributed by atoms with Crippen LogP contribution in [0.2, 0.25) is 0 Å². The van der Waals surface area contributed by atoms with E-state index >= 15 is 0 Å². The van der Waals surface area contributed by atoms with Gasteiger partial charge in [0.2, 0.25) is 0 Å². The Morgan fingerprint density at radius 1 is 1.50 bits per heavy atom. The maximum atomic E-state index is 10.8. The van der Waals surface area contributed by atoms with Crippen LogP contribution in [0.25, 0.3) is 10.9 Å². The number of nitrogens with zero attached hydrogens (tertiary/aromatic N) is 2. The second-order valence-corrected chi connectivity index (χ2v) is 3.24. The van der Waals surface area contributed by atoms with Gasteiger partial charge in [-0.2, -0.15) is 5.10 Å². The molecule has 0 spiro atoms. The molecule has 0 amide bonds. The number of aryl methyl sites for hydroxylation is 2. The van der Waals surface area contributed by atoms with E-state index in [0.29, 0.717) is 5.56 Å². The lowest BCUT2D eigenvalue weighted by Gasteiger charge is -2.01. The highest BCUT2D eigenvalue weighted by Gasteiger charge is 2.11. The van der Waals surface area contributed by atoms with Crippen LogP contribution in [0.4, 0.5) is 0 Å². The molecule has 0 aliphatic rings. The van der Waals surface area contributed by atoms with Gasteiger partial charge in [-0.25, -0.2) is 4.79 Å². The summed E-state index contributed by atoms with van der Waals surface area (Å²) in [7, 11) is 1.84. The Hall–Kier alpha value is -1.84. The molecule has 0 saturated carbocycles. The summed E-state index contributed by atoms with van der Waals surface area (Å²) in [4.78, 5) is 10.8. The Bertz CT molecular complexity index is 514. The van der Waals surface area contributed by atoms with E-state index in [-0.39, 0.29) is 0 Å². The minimum absolute atomic E-state index is 0.338. The van der Waals surface area contributed by atoms with Crippen molar-refractivity contribution in [2.24, 2.45) is 7.05 Å². The normalized spacial score (nSPS) is 10.7. The predicted octanol–water partition coefficient (Wildman–Crippen LogP) is 1.58. The van der Waals surface area contributed by atoms with Gasteiger partial charge in [-0.1, -0.05) is 0 Å². The first kappa shape index (κ1) is 8.74. The summed E-state index contributed by atoms with van der Waals surface area (Å²) >= 11 is 0. The fourth-order valence-corrected chi connectivity index (χ4v) is 1.60. The van der Waals surface area contributed by atoms with Crippen LogP contribution in [0.5, 0.6) is 0 Å². The molecule has 4 nitrogen and oxygen atoms in total. The topological polar surface area (TPSA) is 55.1 Å². The molecular formula is C10H10N2O2. The summed E-state index contributed by atoms with van der Waals surface area (Å²) in [5.74, 6) is -0.895. The molecule has 0 aliphatic carbocycles. The van der Waals surface area contributed by atoms with Crippen LogP contribution in [0.1, 0.15) is 15.9 Å². The van der Waals surface area contributed by atoms with Crippen molar-refractivity contribution in [1.82, 2.24) is 9.78 Å². The molecular weight excluding hydrogens is 180 g/mol. The summed E-state index contributed by atoms with van der Waals surface area (Å²) in [6, 6.07) is 3.39. The van der Waals surface area contributed by atoms with Crippen LogP contribution in [-0.2, 0) is 7.05 Å². The molecule has 4 heteroatoms. The highest BCUT2D eigenvalue weighted by atomic mass is 16.4. The average Bonchev–Trinajstić information content (AvgIpc) is 2.49. The zero-order valence-corrected chi connectivity index (χ0v) is 7.98. The van der Waals surface area contributed by atoms with Crippen molar-refractivity contribution in [3.8, 4) is 0 Å². The Balaban J connectivity index is 2.82. The van der Waals surface area contributed by atoms with E-state index in [2.05, 4.69) is 5.10 Å². The maximum Gasteiger partial charge on any atom is 0.335 e. The zero-order chi connectivity index (χ0) is 10.3. The molecule has 0 radical (unpaired) electrons. The smallest absolute Gasteiger partial charge is 0.335 e. The number of carboxylic acid groups (broad SMARTS) is 1. The molecule has 0 fully saturated rings. The van der Waals surface area contributed by atoms with E-state index in [1.165, 1.54) is 0 Å². The number of benzene rings is 1. The van der Waals surface area contributed by atoms with E-state index in [4.69, 9.17) is 5.11 Å². The SMILES string of the molecule is Cc1c(C(=O)O)ccc2c1cnn2C. The molecule has 2 rings (SSSR count). The van der Waals surface area contributed by atoms with E-state index in [1.54, 1.807) is 29.9 Å². The molecule has 0 unspecified atom stereocenters. The van der Waals surface area contributed by atoms with Gasteiger partial charge in [-0.15, -0.1) is 0 Å². The monoisotopic (exact) mass is 190 g/mol. The van der Waals surface area contributed by atoms with E-state index in [9.17, 15) is 4.79 Å². The molecule has 0 atom stereocenters. The summed E-state index contributed by atoms with van der Waals surface area (Å²) in [5.41, 5.74) is 2.06. The number of carbonyl (C=O) groups is 1. The van der Waals surface area contributed by atoms with Crippen LogP contribution < -0.4 is 0 Å². The summed E-state index contributed by atoms with van der Waals surface area (Å²) in [6.07, 6.45) is 1.69. The van der Waals surface area contributed by atoms with Gasteiger partial charge in [-0.05, 0) is 24.6 Å². The number of fused-ring (bicyclic) bond motifs is 1. The van der Waals surface area contributed by atoms with Gasteiger partial charge in [0.05, 0.1) is 17.3 Å². The quantitative estimate of drug-likeness (QED) is 0.742. The highest BCUT2D eigenvalue weighted by Crippen LogP contribution is 2.20. The predicted molar refractivity (Wildman–Crippen MR) is 52.4 cm³/mol. The van der Waals surface area contributed by atoms with Crippen LogP contribution in [0, 0.1) is 6.92 Å². The largest absolute Gasteiger partial charge is 0.478 e. The Morgan fingerprint density at radius 2 is 2.21 bits per heavy atom. The fraction of sp³-hybridized carbons (Fsp3) is 0.200. The van der Waals surface area contributed by atoms with Gasteiger partial charge in [0.1, 0.15) is 0 Å². The number of carboxylic acids is 1. The minimum atomic E-state index is -0.895. The molecule has 14 heavy (non-hydrogen) atoms. The van der Waals surface area contributed by atoms with Gasteiger partial charge in [-0.3, -0.25) is 4.68 Å². The lowest BCUT2D eigenvalue weighted by Crippen LogP contribution is -1.99. The van der Waals surface area contributed by atoms with Gasteiger partial charge < -0.3 is 5.11 Å². The highest BCUT2D eigenvalue weighted by molar-refractivity contribution is 5.96. The van der Waals surface area contributed by atoms with Crippen molar-refractivity contribution in [1.29, 1.82) is 0 Å². The number of aromatic carboxylic acids is 1. The van der Waals surface area contributed by atoms with Gasteiger partial charge >= 0.3 is 5.97 Å². The van der Waals surface area contributed by atoms with Crippen LogP contribution in [-0.4, -0.2) is 20.9 Å². The number of rotatable bonds is 1. The van der Waals surface area contributed by atoms with E-state index in [0.717, 1.165) is 16.5 Å². The van der Waals surface area contributed by atoms with Gasteiger partial charge in [0.25, 0.3) is 0 Å². The Morgan fingerprint density at radius 3 is 2.86 bits per heavy atom. The second kappa shape index (κ2) is 2.83. The first-order valence-corrected chi connectivity index (χ1v) is 4.26. The summed E-state index contributed by atoms with van der Waals surface area (Å²) in [6.45, 7) is 1.80. The van der Waals surface area contributed by atoms with Gasteiger partial charge in [0, 0.05) is 12.4 Å². The van der Waals surface area contributed by atoms with Crippen molar-refractivity contribution in [3.63, 3.8) is 0 Å². The molecule has 0 aliphatic heterocycles. The third-order valence-electron chi connectivity index (χ3n) is 2.43. The standard InChI is InChI=1S/C10H10N2O2/c1-6-7(10(13)14)3-4-9-8(6)5-11-12(9)2/h3-5H,1-2H3,(H,13,14).